The normalized spacial score (nSPS) is 42.4. The molecule has 1 heterocycles. The highest BCUT2D eigenvalue weighted by atomic mass is 16.3. The van der Waals surface area contributed by atoms with Gasteiger partial charge in [0, 0.05) is 25.9 Å². The van der Waals surface area contributed by atoms with E-state index >= 15 is 0 Å². The number of nitrogens with zero attached hydrogens (tertiary/aromatic N) is 2. The fraction of sp³-hybridized carbons (Fsp3) is 0.833. The molecule has 3 atom stereocenters. The number of hydrogen-bond acceptors (Lipinski definition) is 2. The van der Waals surface area contributed by atoms with Crippen LogP contribution in [0.2, 0.25) is 0 Å². The summed E-state index contributed by atoms with van der Waals surface area (Å²) in [4.78, 5) is 4.40. The van der Waals surface area contributed by atoms with E-state index in [2.05, 4.69) is 16.5 Å². The predicted molar refractivity (Wildman–Crippen MR) is 82.8 cm³/mol. The van der Waals surface area contributed by atoms with E-state index in [4.69, 9.17) is 0 Å². The van der Waals surface area contributed by atoms with Gasteiger partial charge in [0.1, 0.15) is 5.82 Å². The van der Waals surface area contributed by atoms with Crippen molar-refractivity contribution in [3.05, 3.63) is 18.2 Å². The van der Waals surface area contributed by atoms with Crippen LogP contribution in [0.3, 0.4) is 0 Å². The van der Waals surface area contributed by atoms with Crippen LogP contribution in [0.25, 0.3) is 0 Å². The van der Waals surface area contributed by atoms with Crippen LogP contribution in [-0.4, -0.2) is 20.8 Å². The van der Waals surface area contributed by atoms with Crippen molar-refractivity contribution in [1.82, 2.24) is 9.55 Å². The molecule has 0 aliphatic heterocycles. The smallest absolute Gasteiger partial charge is 0.108 e. The maximum atomic E-state index is 11.0. The largest absolute Gasteiger partial charge is 0.393 e. The van der Waals surface area contributed by atoms with Gasteiger partial charge in [-0.15, -0.1) is 0 Å². The third-order valence-electron chi connectivity index (χ3n) is 6.67. The summed E-state index contributed by atoms with van der Waals surface area (Å²) in [5.74, 6) is 2.88. The van der Waals surface area contributed by atoms with Crippen LogP contribution in [0.15, 0.2) is 12.4 Å². The van der Waals surface area contributed by atoms with Gasteiger partial charge in [-0.1, -0.05) is 6.92 Å². The Morgan fingerprint density at radius 3 is 2.62 bits per heavy atom. The highest BCUT2D eigenvalue weighted by molar-refractivity contribution is 5.08. The lowest BCUT2D eigenvalue weighted by Gasteiger charge is -2.62. The fourth-order valence-electron chi connectivity index (χ4n) is 6.40. The molecule has 0 spiro atoms. The third-order valence-corrected chi connectivity index (χ3v) is 6.67. The molecule has 4 aliphatic rings. The fourth-order valence-corrected chi connectivity index (χ4v) is 6.40. The van der Waals surface area contributed by atoms with E-state index in [-0.39, 0.29) is 11.5 Å². The van der Waals surface area contributed by atoms with Crippen LogP contribution in [0.5, 0.6) is 0 Å². The second kappa shape index (κ2) is 4.58. The Kier molecular flexibility index (Phi) is 3.01. The van der Waals surface area contributed by atoms with Gasteiger partial charge >= 0.3 is 0 Å². The van der Waals surface area contributed by atoms with Gasteiger partial charge in [-0.25, -0.2) is 4.98 Å². The van der Waals surface area contributed by atoms with Crippen LogP contribution < -0.4 is 0 Å². The molecule has 3 unspecified atom stereocenters. The van der Waals surface area contributed by atoms with Crippen LogP contribution in [-0.2, 0) is 13.5 Å². The minimum Gasteiger partial charge on any atom is -0.393 e. The standard InChI is InChI=1S/C18H28N2O/c1-17-8-13-7-14(9-17)11-18(10-13,12-17)15(21)3-4-16-19-5-6-20(16)2/h5-6,13-15,21H,3-4,7-12H2,1-2H3. The van der Waals surface area contributed by atoms with Gasteiger partial charge in [0.15, 0.2) is 0 Å². The van der Waals surface area contributed by atoms with Gasteiger partial charge in [-0.3, -0.25) is 0 Å². The Hall–Kier alpha value is -0.830. The van der Waals surface area contributed by atoms with E-state index < -0.39 is 0 Å². The van der Waals surface area contributed by atoms with Gasteiger partial charge in [0.05, 0.1) is 6.10 Å². The van der Waals surface area contributed by atoms with E-state index in [9.17, 15) is 5.11 Å². The van der Waals surface area contributed by atoms with Gasteiger partial charge in [-0.05, 0) is 67.6 Å². The molecule has 5 rings (SSSR count). The first-order valence-electron chi connectivity index (χ1n) is 8.62. The van der Waals surface area contributed by atoms with Crippen molar-refractivity contribution in [3.8, 4) is 0 Å². The zero-order chi connectivity index (χ0) is 14.7. The molecule has 21 heavy (non-hydrogen) atoms. The summed E-state index contributed by atoms with van der Waals surface area (Å²) < 4.78 is 2.08. The number of imidazole rings is 1. The van der Waals surface area contributed by atoms with Crippen molar-refractivity contribution >= 4 is 0 Å². The Balaban J connectivity index is 1.49. The maximum Gasteiger partial charge on any atom is 0.108 e. The molecule has 1 aromatic rings. The van der Waals surface area contributed by atoms with Crippen LogP contribution in [0.4, 0.5) is 0 Å². The molecular formula is C18H28N2O. The Morgan fingerprint density at radius 2 is 2.05 bits per heavy atom. The molecular weight excluding hydrogens is 260 g/mol. The molecule has 0 radical (unpaired) electrons. The lowest BCUT2D eigenvalue weighted by atomic mass is 9.43. The Bertz CT molecular complexity index is 521. The maximum absolute atomic E-state index is 11.0. The van der Waals surface area contributed by atoms with Gasteiger partial charge in [0.2, 0.25) is 0 Å². The minimum absolute atomic E-state index is 0.139. The van der Waals surface area contributed by atoms with E-state index in [1.807, 2.05) is 19.4 Å². The molecule has 0 amide bonds. The Labute approximate surface area is 127 Å². The Morgan fingerprint density at radius 1 is 1.33 bits per heavy atom. The summed E-state index contributed by atoms with van der Waals surface area (Å²) in [7, 11) is 2.04. The summed E-state index contributed by atoms with van der Waals surface area (Å²) in [6, 6.07) is 0. The lowest BCUT2D eigenvalue weighted by molar-refractivity contribution is -0.154. The molecule has 3 nitrogen and oxygen atoms in total. The summed E-state index contributed by atoms with van der Waals surface area (Å²) in [6.07, 6.45) is 13.6. The molecule has 4 fully saturated rings. The van der Waals surface area contributed by atoms with Gasteiger partial charge in [-0.2, -0.15) is 0 Å². The molecule has 4 saturated carbocycles. The molecule has 116 valence electrons. The van der Waals surface area contributed by atoms with Crippen molar-refractivity contribution in [2.75, 3.05) is 0 Å². The summed E-state index contributed by atoms with van der Waals surface area (Å²) in [5.41, 5.74) is 0.748. The molecule has 1 N–H and O–H groups in total. The van der Waals surface area contributed by atoms with Crippen molar-refractivity contribution < 1.29 is 5.11 Å². The monoisotopic (exact) mass is 288 g/mol. The van der Waals surface area contributed by atoms with Crippen molar-refractivity contribution in [2.45, 2.75) is 64.4 Å². The number of aliphatic hydroxyl groups is 1. The molecule has 0 saturated heterocycles. The van der Waals surface area contributed by atoms with Crippen LogP contribution in [0.1, 0.15) is 57.7 Å². The SMILES string of the molecule is Cn1ccnc1CCC(O)C12CC3CC(CC(C)(C3)C1)C2. The average Bonchev–Trinajstić information content (AvgIpc) is 2.78. The first-order chi connectivity index (χ1) is 9.98. The van der Waals surface area contributed by atoms with Crippen molar-refractivity contribution in [3.63, 3.8) is 0 Å². The van der Waals surface area contributed by atoms with Crippen LogP contribution >= 0.6 is 0 Å². The highest BCUT2D eigenvalue weighted by Crippen LogP contribution is 2.66. The van der Waals surface area contributed by atoms with Crippen LogP contribution in [0, 0.1) is 22.7 Å². The van der Waals surface area contributed by atoms with E-state index in [1.54, 1.807) is 0 Å². The first kappa shape index (κ1) is 13.8. The molecule has 0 aromatic carbocycles. The molecule has 4 aliphatic carbocycles. The topological polar surface area (TPSA) is 38.0 Å². The highest BCUT2D eigenvalue weighted by Gasteiger charge is 2.57. The van der Waals surface area contributed by atoms with Gasteiger partial charge in [0.25, 0.3) is 0 Å². The van der Waals surface area contributed by atoms with Crippen molar-refractivity contribution in [2.24, 2.45) is 29.7 Å². The summed E-state index contributed by atoms with van der Waals surface area (Å²) in [5, 5.41) is 11.0. The van der Waals surface area contributed by atoms with E-state index in [0.29, 0.717) is 5.41 Å². The second-order valence-corrected chi connectivity index (χ2v) is 8.64. The number of aliphatic hydroxyl groups excluding tert-OH is 1. The number of hydrogen-bond donors (Lipinski definition) is 1. The molecule has 3 heteroatoms. The quantitative estimate of drug-likeness (QED) is 0.923. The first-order valence-corrected chi connectivity index (χ1v) is 8.62. The summed E-state index contributed by atoms with van der Waals surface area (Å²) in [6.45, 7) is 2.48. The summed E-state index contributed by atoms with van der Waals surface area (Å²) >= 11 is 0. The zero-order valence-corrected chi connectivity index (χ0v) is 13.4. The van der Waals surface area contributed by atoms with Crippen molar-refractivity contribution in [1.29, 1.82) is 0 Å². The average molecular weight is 288 g/mol. The minimum atomic E-state index is -0.139. The van der Waals surface area contributed by atoms with E-state index in [1.165, 1.54) is 38.5 Å². The number of rotatable bonds is 4. The number of aryl methyl sites for hydroxylation is 2. The second-order valence-electron chi connectivity index (χ2n) is 8.64. The van der Waals surface area contributed by atoms with E-state index in [0.717, 1.165) is 30.5 Å². The molecule has 1 aromatic heterocycles. The lowest BCUT2D eigenvalue weighted by Crippen LogP contribution is -2.55. The number of aromatic nitrogens is 2. The van der Waals surface area contributed by atoms with Gasteiger partial charge < -0.3 is 9.67 Å². The zero-order valence-electron chi connectivity index (χ0n) is 13.4. The predicted octanol–water partition coefficient (Wildman–Crippen LogP) is 3.32. The molecule has 4 bridgehead atoms. The third kappa shape index (κ3) is 2.25.